The molecule has 1 heterocycles. The van der Waals surface area contributed by atoms with Gasteiger partial charge in [0.05, 0.1) is 0 Å². The van der Waals surface area contributed by atoms with Crippen LogP contribution in [0.1, 0.15) is 58.6 Å². The second-order valence-corrected chi connectivity index (χ2v) is 7.33. The van der Waals surface area contributed by atoms with Gasteiger partial charge in [0.2, 0.25) is 0 Å². The molecule has 0 bridgehead atoms. The summed E-state index contributed by atoms with van der Waals surface area (Å²) in [6, 6.07) is 8.74. The van der Waals surface area contributed by atoms with Crippen molar-refractivity contribution in [2.75, 3.05) is 18.0 Å². The van der Waals surface area contributed by atoms with Crippen molar-refractivity contribution >= 4 is 5.69 Å². The molecule has 20 heavy (non-hydrogen) atoms. The average Bonchev–Trinajstić information content (AvgIpc) is 2.63. The predicted octanol–water partition coefficient (Wildman–Crippen LogP) is 4.36. The molecule has 2 rings (SSSR count). The third-order valence-electron chi connectivity index (χ3n) is 4.72. The fourth-order valence-electron chi connectivity index (χ4n) is 3.36. The van der Waals surface area contributed by atoms with E-state index in [0.29, 0.717) is 5.41 Å². The van der Waals surface area contributed by atoms with Crippen LogP contribution in [0.25, 0.3) is 0 Å². The van der Waals surface area contributed by atoms with Crippen LogP contribution < -0.4 is 10.6 Å². The lowest BCUT2D eigenvalue weighted by Gasteiger charge is -2.30. The predicted molar refractivity (Wildman–Crippen MR) is 88.1 cm³/mol. The van der Waals surface area contributed by atoms with E-state index in [1.807, 2.05) is 0 Å². The van der Waals surface area contributed by atoms with E-state index >= 15 is 0 Å². The zero-order valence-electron chi connectivity index (χ0n) is 13.5. The molecule has 0 aromatic heterocycles. The molecule has 1 aliphatic rings. The summed E-state index contributed by atoms with van der Waals surface area (Å²) in [7, 11) is 0. The van der Waals surface area contributed by atoms with E-state index < -0.39 is 0 Å². The van der Waals surface area contributed by atoms with E-state index in [0.717, 1.165) is 19.0 Å². The van der Waals surface area contributed by atoms with Gasteiger partial charge in [-0.05, 0) is 49.1 Å². The number of benzene rings is 1. The molecule has 0 amide bonds. The fraction of sp³-hybridized carbons (Fsp3) is 0.667. The van der Waals surface area contributed by atoms with Crippen molar-refractivity contribution in [3.05, 3.63) is 29.8 Å². The van der Waals surface area contributed by atoms with Crippen molar-refractivity contribution in [2.24, 2.45) is 17.1 Å². The van der Waals surface area contributed by atoms with Crippen LogP contribution in [0, 0.1) is 11.3 Å². The number of para-hydroxylation sites is 1. The minimum atomic E-state index is 0.105. The van der Waals surface area contributed by atoms with E-state index in [1.165, 1.54) is 30.5 Å². The van der Waals surface area contributed by atoms with E-state index in [1.54, 1.807) is 0 Å². The van der Waals surface area contributed by atoms with Gasteiger partial charge in [0.1, 0.15) is 0 Å². The molecular formula is C18H30N2. The van der Waals surface area contributed by atoms with Crippen LogP contribution in [0.15, 0.2) is 24.3 Å². The van der Waals surface area contributed by atoms with Gasteiger partial charge in [0, 0.05) is 24.8 Å². The summed E-state index contributed by atoms with van der Waals surface area (Å²) in [6.07, 6.45) is 3.92. The van der Waals surface area contributed by atoms with E-state index in [4.69, 9.17) is 5.73 Å². The van der Waals surface area contributed by atoms with Crippen LogP contribution in [0.4, 0.5) is 5.69 Å². The lowest BCUT2D eigenvalue weighted by molar-refractivity contribution is 0.220. The first-order chi connectivity index (χ1) is 9.39. The Morgan fingerprint density at radius 1 is 1.15 bits per heavy atom. The van der Waals surface area contributed by atoms with Crippen molar-refractivity contribution in [1.29, 1.82) is 0 Å². The van der Waals surface area contributed by atoms with Gasteiger partial charge in [0.15, 0.2) is 0 Å². The number of hydrogen-bond donors (Lipinski definition) is 1. The average molecular weight is 274 g/mol. The van der Waals surface area contributed by atoms with Crippen LogP contribution in [-0.4, -0.2) is 13.1 Å². The maximum atomic E-state index is 6.13. The summed E-state index contributed by atoms with van der Waals surface area (Å²) in [5.41, 5.74) is 9.18. The smallest absolute Gasteiger partial charge is 0.0414 e. The zero-order chi connectivity index (χ0) is 14.8. The van der Waals surface area contributed by atoms with Crippen LogP contribution >= 0.6 is 0 Å². The van der Waals surface area contributed by atoms with Gasteiger partial charge in [-0.25, -0.2) is 0 Å². The van der Waals surface area contributed by atoms with Crippen LogP contribution in [0.3, 0.4) is 0 Å². The first-order valence-electron chi connectivity index (χ1n) is 7.99. The molecule has 0 spiro atoms. The number of nitrogens with zero attached hydrogens (tertiary/aromatic N) is 1. The monoisotopic (exact) mass is 274 g/mol. The summed E-state index contributed by atoms with van der Waals surface area (Å²) >= 11 is 0. The number of rotatable bonds is 2. The normalized spacial score (nSPS) is 22.4. The molecule has 1 aliphatic heterocycles. The first-order valence-corrected chi connectivity index (χ1v) is 7.99. The molecule has 1 fully saturated rings. The molecule has 1 saturated heterocycles. The van der Waals surface area contributed by atoms with E-state index in [-0.39, 0.29) is 6.04 Å². The summed E-state index contributed by atoms with van der Waals surface area (Å²) in [4.78, 5) is 2.55. The van der Waals surface area contributed by atoms with Gasteiger partial charge >= 0.3 is 0 Å². The fourth-order valence-corrected chi connectivity index (χ4v) is 3.36. The molecule has 2 atom stereocenters. The second kappa shape index (κ2) is 6.17. The topological polar surface area (TPSA) is 29.3 Å². The quantitative estimate of drug-likeness (QED) is 0.868. The van der Waals surface area contributed by atoms with Crippen LogP contribution in [0.2, 0.25) is 0 Å². The van der Waals surface area contributed by atoms with Crippen molar-refractivity contribution < 1.29 is 0 Å². The molecule has 0 saturated carbocycles. The molecule has 2 nitrogen and oxygen atoms in total. The van der Waals surface area contributed by atoms with Crippen LogP contribution in [-0.2, 0) is 0 Å². The Bertz CT molecular complexity index is 431. The first kappa shape index (κ1) is 15.4. The highest BCUT2D eigenvalue weighted by Gasteiger charge is 2.27. The maximum absolute atomic E-state index is 6.13. The highest BCUT2D eigenvalue weighted by molar-refractivity contribution is 5.55. The molecule has 0 aliphatic carbocycles. The minimum Gasteiger partial charge on any atom is -0.371 e. The molecular weight excluding hydrogens is 244 g/mol. The Hall–Kier alpha value is -1.02. The van der Waals surface area contributed by atoms with Crippen molar-refractivity contribution in [1.82, 2.24) is 0 Å². The van der Waals surface area contributed by atoms with Crippen LogP contribution in [0.5, 0.6) is 0 Å². The highest BCUT2D eigenvalue weighted by Crippen LogP contribution is 2.36. The summed E-state index contributed by atoms with van der Waals surface area (Å²) in [6.45, 7) is 11.5. The third kappa shape index (κ3) is 3.54. The van der Waals surface area contributed by atoms with Gasteiger partial charge < -0.3 is 10.6 Å². The van der Waals surface area contributed by atoms with Gasteiger partial charge in [-0.3, -0.25) is 0 Å². The Kier molecular flexibility index (Phi) is 4.74. The third-order valence-corrected chi connectivity index (χ3v) is 4.72. The van der Waals surface area contributed by atoms with E-state index in [2.05, 4.69) is 56.9 Å². The molecule has 0 radical (unpaired) electrons. The molecule has 112 valence electrons. The largest absolute Gasteiger partial charge is 0.371 e. The number of hydrogen-bond acceptors (Lipinski definition) is 2. The molecule has 1 aromatic rings. The molecule has 1 unspecified atom stereocenters. The van der Waals surface area contributed by atoms with Crippen molar-refractivity contribution in [2.45, 2.75) is 53.0 Å². The number of anilines is 1. The summed E-state index contributed by atoms with van der Waals surface area (Å²) in [5.74, 6) is 0.829. The van der Waals surface area contributed by atoms with Gasteiger partial charge in [-0.15, -0.1) is 0 Å². The van der Waals surface area contributed by atoms with Crippen molar-refractivity contribution in [3.8, 4) is 0 Å². The lowest BCUT2D eigenvalue weighted by Crippen LogP contribution is -2.27. The van der Waals surface area contributed by atoms with Gasteiger partial charge in [-0.2, -0.15) is 0 Å². The Labute approximate surface area is 124 Å². The minimum absolute atomic E-state index is 0.105. The van der Waals surface area contributed by atoms with Gasteiger partial charge in [-0.1, -0.05) is 39.0 Å². The zero-order valence-corrected chi connectivity index (χ0v) is 13.5. The Morgan fingerprint density at radius 2 is 1.85 bits per heavy atom. The number of nitrogens with two attached hydrogens (primary N) is 1. The summed E-state index contributed by atoms with van der Waals surface area (Å²) < 4.78 is 0. The maximum Gasteiger partial charge on any atom is 0.0414 e. The molecule has 2 heteroatoms. The van der Waals surface area contributed by atoms with Gasteiger partial charge in [0.25, 0.3) is 0 Å². The Balaban J connectivity index is 2.15. The molecule has 1 aromatic carbocycles. The molecule has 2 N–H and O–H groups in total. The second-order valence-electron chi connectivity index (χ2n) is 7.33. The Morgan fingerprint density at radius 3 is 2.50 bits per heavy atom. The standard InChI is InChI=1S/C18H30N2/c1-14(19)16-9-5-6-10-17(16)20-12-7-8-15(11-13-20)18(2,3)4/h5-6,9-10,14-15H,7-8,11-13,19H2,1-4H3/t14-,15?/m0/s1. The lowest BCUT2D eigenvalue weighted by atomic mass is 9.77. The van der Waals surface area contributed by atoms with Crippen molar-refractivity contribution in [3.63, 3.8) is 0 Å². The highest BCUT2D eigenvalue weighted by atomic mass is 15.1. The van der Waals surface area contributed by atoms with E-state index in [9.17, 15) is 0 Å². The SMILES string of the molecule is C[C@H](N)c1ccccc1N1CCCC(C(C)(C)C)CC1. The summed E-state index contributed by atoms with van der Waals surface area (Å²) in [5, 5.41) is 0.